The number of hydrogen-bond donors (Lipinski definition) is 1. The number of anilines is 1. The molecule has 16 heavy (non-hydrogen) atoms. The maximum atomic E-state index is 5.34. The van der Waals surface area contributed by atoms with Crippen molar-refractivity contribution in [1.82, 2.24) is 4.98 Å². The molecule has 1 aromatic heterocycles. The maximum absolute atomic E-state index is 5.34. The number of nitrogens with one attached hydrogen (secondary N) is 1. The summed E-state index contributed by atoms with van der Waals surface area (Å²) in [4.78, 5) is 4.29. The molecule has 1 aliphatic heterocycles. The summed E-state index contributed by atoms with van der Waals surface area (Å²) in [6, 6.07) is 2.63. The van der Waals surface area contributed by atoms with Gasteiger partial charge in [0, 0.05) is 19.0 Å². The van der Waals surface area contributed by atoms with Crippen molar-refractivity contribution in [3.63, 3.8) is 0 Å². The number of aromatic nitrogens is 1. The molecule has 1 aliphatic rings. The van der Waals surface area contributed by atoms with Crippen molar-refractivity contribution in [1.29, 1.82) is 0 Å². The van der Waals surface area contributed by atoms with Crippen molar-refractivity contribution >= 4 is 5.69 Å². The molecule has 88 valence electrons. The van der Waals surface area contributed by atoms with E-state index in [0.29, 0.717) is 6.04 Å². The summed E-state index contributed by atoms with van der Waals surface area (Å²) < 4.78 is 5.34. The first-order valence-corrected chi connectivity index (χ1v) is 5.85. The zero-order valence-electron chi connectivity index (χ0n) is 10.3. The Labute approximate surface area is 97.2 Å². The van der Waals surface area contributed by atoms with Crippen LogP contribution in [-0.4, -0.2) is 24.2 Å². The van der Waals surface area contributed by atoms with E-state index < -0.39 is 0 Å². The van der Waals surface area contributed by atoms with Crippen LogP contribution in [0.2, 0.25) is 0 Å². The Morgan fingerprint density at radius 1 is 1.38 bits per heavy atom. The Morgan fingerprint density at radius 3 is 2.81 bits per heavy atom. The van der Waals surface area contributed by atoms with Crippen LogP contribution < -0.4 is 5.32 Å². The fraction of sp³-hybridized carbons (Fsp3) is 0.615. The fourth-order valence-electron chi connectivity index (χ4n) is 1.81. The van der Waals surface area contributed by atoms with Crippen LogP contribution in [0.5, 0.6) is 0 Å². The van der Waals surface area contributed by atoms with Crippen molar-refractivity contribution in [3.05, 3.63) is 24.0 Å². The molecule has 2 heterocycles. The van der Waals surface area contributed by atoms with Gasteiger partial charge in [-0.05, 0) is 23.5 Å². The highest BCUT2D eigenvalue weighted by molar-refractivity contribution is 5.45. The standard InChI is InChI=1S/C13H20N2O/c1-13(2,3)10-6-12(8-14-7-10)15-11-4-5-16-9-11/h6-8,11,15H,4-5,9H2,1-3H3. The summed E-state index contributed by atoms with van der Waals surface area (Å²) in [6.07, 6.45) is 4.91. The number of pyridine rings is 1. The van der Waals surface area contributed by atoms with E-state index in [1.165, 1.54) is 5.56 Å². The molecule has 0 amide bonds. The van der Waals surface area contributed by atoms with Crippen LogP contribution in [0, 0.1) is 0 Å². The number of ether oxygens (including phenoxy) is 1. The molecule has 1 aromatic rings. The van der Waals surface area contributed by atoms with Gasteiger partial charge in [0.15, 0.2) is 0 Å². The lowest BCUT2D eigenvalue weighted by Gasteiger charge is -2.20. The SMILES string of the molecule is CC(C)(C)c1cncc(NC2CCOC2)c1. The lowest BCUT2D eigenvalue weighted by molar-refractivity contribution is 0.195. The topological polar surface area (TPSA) is 34.2 Å². The Morgan fingerprint density at radius 2 is 2.19 bits per heavy atom. The van der Waals surface area contributed by atoms with Crippen molar-refractivity contribution in [3.8, 4) is 0 Å². The monoisotopic (exact) mass is 220 g/mol. The van der Waals surface area contributed by atoms with Crippen LogP contribution in [0.3, 0.4) is 0 Å². The Bertz CT molecular complexity index is 351. The van der Waals surface area contributed by atoms with Crippen LogP contribution in [0.25, 0.3) is 0 Å². The third kappa shape index (κ3) is 2.73. The predicted molar refractivity (Wildman–Crippen MR) is 65.8 cm³/mol. The zero-order chi connectivity index (χ0) is 11.6. The molecule has 1 N–H and O–H groups in total. The molecule has 0 aliphatic carbocycles. The van der Waals surface area contributed by atoms with Gasteiger partial charge in [-0.2, -0.15) is 0 Å². The van der Waals surface area contributed by atoms with Crippen molar-refractivity contribution in [2.75, 3.05) is 18.5 Å². The maximum Gasteiger partial charge on any atom is 0.0668 e. The summed E-state index contributed by atoms with van der Waals surface area (Å²) in [6.45, 7) is 8.27. The van der Waals surface area contributed by atoms with Crippen LogP contribution in [0.1, 0.15) is 32.8 Å². The average molecular weight is 220 g/mol. The fourth-order valence-corrected chi connectivity index (χ4v) is 1.81. The molecular weight excluding hydrogens is 200 g/mol. The molecule has 1 saturated heterocycles. The minimum Gasteiger partial charge on any atom is -0.379 e. The first kappa shape index (κ1) is 11.4. The second-order valence-electron chi connectivity index (χ2n) is 5.42. The number of hydrogen-bond acceptors (Lipinski definition) is 3. The normalized spacial score (nSPS) is 21.1. The van der Waals surface area contributed by atoms with E-state index in [9.17, 15) is 0 Å². The van der Waals surface area contributed by atoms with Gasteiger partial charge in [-0.1, -0.05) is 20.8 Å². The van der Waals surface area contributed by atoms with Crippen LogP contribution in [0.15, 0.2) is 18.5 Å². The molecule has 0 spiro atoms. The van der Waals surface area contributed by atoms with E-state index in [0.717, 1.165) is 25.3 Å². The van der Waals surface area contributed by atoms with Gasteiger partial charge < -0.3 is 10.1 Å². The van der Waals surface area contributed by atoms with Crippen LogP contribution in [-0.2, 0) is 10.2 Å². The van der Waals surface area contributed by atoms with Crippen LogP contribution in [0.4, 0.5) is 5.69 Å². The second-order valence-corrected chi connectivity index (χ2v) is 5.42. The van der Waals surface area contributed by atoms with Gasteiger partial charge >= 0.3 is 0 Å². The second kappa shape index (κ2) is 4.42. The largest absolute Gasteiger partial charge is 0.379 e. The molecule has 1 unspecified atom stereocenters. The van der Waals surface area contributed by atoms with E-state index >= 15 is 0 Å². The summed E-state index contributed by atoms with van der Waals surface area (Å²) in [5.41, 5.74) is 2.51. The highest BCUT2D eigenvalue weighted by Gasteiger charge is 2.17. The van der Waals surface area contributed by atoms with E-state index in [-0.39, 0.29) is 5.41 Å². The van der Waals surface area contributed by atoms with Gasteiger partial charge in [0.1, 0.15) is 0 Å². The third-order valence-electron chi connectivity index (χ3n) is 2.90. The highest BCUT2D eigenvalue weighted by Crippen LogP contribution is 2.24. The Hall–Kier alpha value is -1.09. The van der Waals surface area contributed by atoms with E-state index in [2.05, 4.69) is 37.1 Å². The zero-order valence-corrected chi connectivity index (χ0v) is 10.3. The first-order chi connectivity index (χ1) is 7.55. The molecule has 0 radical (unpaired) electrons. The summed E-state index contributed by atoms with van der Waals surface area (Å²) in [7, 11) is 0. The summed E-state index contributed by atoms with van der Waals surface area (Å²) in [5, 5.41) is 3.47. The van der Waals surface area contributed by atoms with Crippen molar-refractivity contribution in [2.24, 2.45) is 0 Å². The molecule has 0 bridgehead atoms. The van der Waals surface area contributed by atoms with Gasteiger partial charge in [-0.3, -0.25) is 4.98 Å². The molecule has 1 atom stereocenters. The van der Waals surface area contributed by atoms with Gasteiger partial charge in [-0.25, -0.2) is 0 Å². The predicted octanol–water partition coefficient (Wildman–Crippen LogP) is 2.58. The highest BCUT2D eigenvalue weighted by atomic mass is 16.5. The molecular formula is C13H20N2O. The Kier molecular flexibility index (Phi) is 3.15. The molecule has 3 nitrogen and oxygen atoms in total. The van der Waals surface area contributed by atoms with Crippen molar-refractivity contribution in [2.45, 2.75) is 38.6 Å². The van der Waals surface area contributed by atoms with E-state index in [1.807, 2.05) is 12.4 Å². The minimum absolute atomic E-state index is 0.150. The summed E-state index contributed by atoms with van der Waals surface area (Å²) >= 11 is 0. The smallest absolute Gasteiger partial charge is 0.0668 e. The quantitative estimate of drug-likeness (QED) is 0.831. The molecule has 2 rings (SSSR count). The molecule has 0 saturated carbocycles. The lowest BCUT2D eigenvalue weighted by atomic mass is 9.88. The van der Waals surface area contributed by atoms with Gasteiger partial charge in [0.25, 0.3) is 0 Å². The minimum atomic E-state index is 0.150. The molecule has 0 aromatic carbocycles. The average Bonchev–Trinajstić information content (AvgIpc) is 2.70. The summed E-state index contributed by atoms with van der Waals surface area (Å²) in [5.74, 6) is 0. The molecule has 3 heteroatoms. The number of rotatable bonds is 2. The van der Waals surface area contributed by atoms with E-state index in [4.69, 9.17) is 4.74 Å². The van der Waals surface area contributed by atoms with Gasteiger partial charge in [0.2, 0.25) is 0 Å². The molecule has 1 fully saturated rings. The van der Waals surface area contributed by atoms with Crippen molar-refractivity contribution < 1.29 is 4.74 Å². The first-order valence-electron chi connectivity index (χ1n) is 5.85. The van der Waals surface area contributed by atoms with Crippen LogP contribution >= 0.6 is 0 Å². The third-order valence-corrected chi connectivity index (χ3v) is 2.90. The van der Waals surface area contributed by atoms with Gasteiger partial charge in [0.05, 0.1) is 18.3 Å². The van der Waals surface area contributed by atoms with E-state index in [1.54, 1.807) is 0 Å². The Balaban J connectivity index is 2.09. The van der Waals surface area contributed by atoms with Gasteiger partial charge in [-0.15, -0.1) is 0 Å². The number of nitrogens with zero attached hydrogens (tertiary/aromatic N) is 1. The lowest BCUT2D eigenvalue weighted by Crippen LogP contribution is -2.20.